The van der Waals surface area contributed by atoms with Gasteiger partial charge in [0, 0.05) is 50.6 Å². The average molecular weight is 385 g/mol. The minimum Gasteiger partial charge on any atom is -0.336 e. The molecule has 0 unspecified atom stereocenters. The molecule has 0 radical (unpaired) electrons. The highest BCUT2D eigenvalue weighted by molar-refractivity contribution is 5.95. The Labute approximate surface area is 164 Å². The molecule has 28 heavy (non-hydrogen) atoms. The minimum absolute atomic E-state index is 0.0504. The zero-order valence-corrected chi connectivity index (χ0v) is 16.0. The first kappa shape index (κ1) is 18.6. The number of hydrogen-bond donors (Lipinski definition) is 2. The van der Waals surface area contributed by atoms with E-state index in [-0.39, 0.29) is 23.9 Å². The smallest absolute Gasteiger partial charge is 0.321 e. The van der Waals surface area contributed by atoms with Gasteiger partial charge in [-0.1, -0.05) is 0 Å². The molecule has 3 aliphatic rings. The topological polar surface area (TPSA) is 85.0 Å². The Hall–Kier alpha value is -2.77. The highest BCUT2D eigenvalue weighted by atomic mass is 16.2. The molecule has 0 bridgehead atoms. The lowest BCUT2D eigenvalue weighted by Gasteiger charge is -2.34. The largest absolute Gasteiger partial charge is 0.336 e. The second-order valence-corrected chi connectivity index (χ2v) is 7.68. The first-order valence-electron chi connectivity index (χ1n) is 10.1. The minimum atomic E-state index is -0.190. The Kier molecular flexibility index (Phi) is 5.36. The summed E-state index contributed by atoms with van der Waals surface area (Å²) >= 11 is 0. The fourth-order valence-electron chi connectivity index (χ4n) is 4.16. The van der Waals surface area contributed by atoms with E-state index in [9.17, 15) is 14.4 Å². The quantitative estimate of drug-likeness (QED) is 0.835. The fourth-order valence-corrected chi connectivity index (χ4v) is 4.16. The van der Waals surface area contributed by atoms with Gasteiger partial charge in [-0.05, 0) is 49.9 Å². The molecular weight excluding hydrogens is 358 g/mol. The van der Waals surface area contributed by atoms with Crippen molar-refractivity contribution in [2.45, 2.75) is 25.7 Å². The van der Waals surface area contributed by atoms with Crippen molar-refractivity contribution >= 4 is 29.3 Å². The van der Waals surface area contributed by atoms with Gasteiger partial charge in [-0.15, -0.1) is 0 Å². The van der Waals surface area contributed by atoms with Gasteiger partial charge in [0.2, 0.25) is 5.91 Å². The molecule has 3 heterocycles. The summed E-state index contributed by atoms with van der Waals surface area (Å²) in [5.74, 6) is -0.241. The van der Waals surface area contributed by atoms with Crippen molar-refractivity contribution in [2.24, 2.45) is 5.92 Å². The Morgan fingerprint density at radius 1 is 0.964 bits per heavy atom. The first-order chi connectivity index (χ1) is 13.6. The van der Waals surface area contributed by atoms with E-state index in [0.717, 1.165) is 51.0 Å². The lowest BCUT2D eigenvalue weighted by Crippen LogP contribution is -2.48. The van der Waals surface area contributed by atoms with E-state index in [1.54, 1.807) is 4.90 Å². The van der Waals surface area contributed by atoms with E-state index in [1.165, 1.54) is 0 Å². The monoisotopic (exact) mass is 385 g/mol. The summed E-state index contributed by atoms with van der Waals surface area (Å²) in [6, 6.07) is 7.28. The maximum atomic E-state index is 12.7. The van der Waals surface area contributed by atoms with Gasteiger partial charge in [-0.3, -0.25) is 9.69 Å². The van der Waals surface area contributed by atoms with E-state index in [0.29, 0.717) is 25.3 Å². The number of amides is 5. The number of anilines is 2. The summed E-state index contributed by atoms with van der Waals surface area (Å²) < 4.78 is 0. The van der Waals surface area contributed by atoms with Crippen LogP contribution in [0.15, 0.2) is 24.3 Å². The number of hydrogen-bond acceptors (Lipinski definition) is 3. The highest BCUT2D eigenvalue weighted by Crippen LogP contribution is 2.23. The van der Waals surface area contributed by atoms with E-state index in [2.05, 4.69) is 10.6 Å². The summed E-state index contributed by atoms with van der Waals surface area (Å²) in [6.07, 6.45) is 3.78. The van der Waals surface area contributed by atoms with Crippen molar-refractivity contribution in [3.63, 3.8) is 0 Å². The van der Waals surface area contributed by atoms with Crippen LogP contribution in [-0.4, -0.2) is 67.0 Å². The average Bonchev–Trinajstić information content (AvgIpc) is 3.40. The highest BCUT2D eigenvalue weighted by Gasteiger charge is 2.31. The number of likely N-dealkylation sites (tertiary alicyclic amines) is 2. The van der Waals surface area contributed by atoms with Crippen LogP contribution < -0.4 is 15.5 Å². The maximum Gasteiger partial charge on any atom is 0.321 e. The molecule has 0 aromatic heterocycles. The SMILES string of the molecule is O=C(Nc1ccc(N2CCNC2=O)cc1)[C@H]1CCCN(C(=O)N2CCCC2)C1. The number of nitrogens with one attached hydrogen (secondary N) is 2. The van der Waals surface area contributed by atoms with Crippen molar-refractivity contribution in [3.05, 3.63) is 24.3 Å². The van der Waals surface area contributed by atoms with Crippen molar-refractivity contribution in [3.8, 4) is 0 Å². The second kappa shape index (κ2) is 8.08. The Morgan fingerprint density at radius 3 is 2.36 bits per heavy atom. The number of urea groups is 2. The van der Waals surface area contributed by atoms with Crippen molar-refractivity contribution < 1.29 is 14.4 Å². The Morgan fingerprint density at radius 2 is 1.68 bits per heavy atom. The molecular formula is C20H27N5O3. The maximum absolute atomic E-state index is 12.7. The lowest BCUT2D eigenvalue weighted by atomic mass is 9.97. The molecule has 1 aromatic rings. The third-order valence-corrected chi connectivity index (χ3v) is 5.74. The Balaban J connectivity index is 1.33. The zero-order valence-electron chi connectivity index (χ0n) is 16.0. The molecule has 3 saturated heterocycles. The molecule has 8 heteroatoms. The number of carbonyl (C=O) groups is 3. The number of benzene rings is 1. The van der Waals surface area contributed by atoms with Gasteiger partial charge >= 0.3 is 12.1 Å². The van der Waals surface area contributed by atoms with Gasteiger partial charge in [-0.25, -0.2) is 9.59 Å². The molecule has 5 amide bonds. The molecule has 4 rings (SSSR count). The van der Waals surface area contributed by atoms with E-state index in [4.69, 9.17) is 0 Å². The molecule has 3 aliphatic heterocycles. The molecule has 0 aliphatic carbocycles. The zero-order chi connectivity index (χ0) is 19.5. The number of rotatable bonds is 3. The Bertz CT molecular complexity index is 745. The van der Waals surface area contributed by atoms with Gasteiger partial charge in [0.1, 0.15) is 0 Å². The van der Waals surface area contributed by atoms with Crippen molar-refractivity contribution in [1.82, 2.24) is 15.1 Å². The van der Waals surface area contributed by atoms with E-state index < -0.39 is 0 Å². The number of nitrogens with zero attached hydrogens (tertiary/aromatic N) is 3. The third kappa shape index (κ3) is 3.90. The molecule has 1 aromatic carbocycles. The molecule has 8 nitrogen and oxygen atoms in total. The molecule has 150 valence electrons. The summed E-state index contributed by atoms with van der Waals surface area (Å²) in [5.41, 5.74) is 1.52. The summed E-state index contributed by atoms with van der Waals surface area (Å²) in [5, 5.41) is 5.73. The molecule has 3 fully saturated rings. The van der Waals surface area contributed by atoms with Crippen LogP contribution in [0.5, 0.6) is 0 Å². The van der Waals surface area contributed by atoms with E-state index in [1.807, 2.05) is 34.1 Å². The van der Waals surface area contributed by atoms with Crippen LogP contribution in [-0.2, 0) is 4.79 Å². The molecule has 0 saturated carbocycles. The van der Waals surface area contributed by atoms with Crippen LogP contribution in [0.25, 0.3) is 0 Å². The lowest BCUT2D eigenvalue weighted by molar-refractivity contribution is -0.121. The summed E-state index contributed by atoms with van der Waals surface area (Å²) in [7, 11) is 0. The predicted molar refractivity (Wildman–Crippen MR) is 106 cm³/mol. The van der Waals surface area contributed by atoms with Gasteiger partial charge in [-0.2, -0.15) is 0 Å². The number of piperidine rings is 1. The number of carbonyl (C=O) groups excluding carboxylic acids is 3. The molecule has 1 atom stereocenters. The van der Waals surface area contributed by atoms with Crippen LogP contribution in [0.3, 0.4) is 0 Å². The van der Waals surface area contributed by atoms with Crippen LogP contribution in [0, 0.1) is 5.92 Å². The van der Waals surface area contributed by atoms with Crippen LogP contribution >= 0.6 is 0 Å². The standard InChI is InChI=1S/C20H27N5O3/c26-18(15-4-3-12-24(14-15)20(28)23-10-1-2-11-23)22-16-5-7-17(8-6-16)25-13-9-21-19(25)27/h5-8,15H,1-4,9-14H2,(H,21,27)(H,22,26)/t15-/m0/s1. The van der Waals surface area contributed by atoms with Crippen molar-refractivity contribution in [1.29, 1.82) is 0 Å². The second-order valence-electron chi connectivity index (χ2n) is 7.68. The summed E-state index contributed by atoms with van der Waals surface area (Å²) in [4.78, 5) is 42.4. The van der Waals surface area contributed by atoms with Gasteiger partial charge in [0.25, 0.3) is 0 Å². The first-order valence-corrected chi connectivity index (χ1v) is 10.1. The predicted octanol–water partition coefficient (Wildman–Crippen LogP) is 2.08. The van der Waals surface area contributed by atoms with E-state index >= 15 is 0 Å². The fraction of sp³-hybridized carbons (Fsp3) is 0.550. The van der Waals surface area contributed by atoms with Crippen molar-refractivity contribution in [2.75, 3.05) is 49.5 Å². The van der Waals surface area contributed by atoms with Gasteiger partial charge in [0.05, 0.1) is 5.92 Å². The normalized spacial score (nSPS) is 22.4. The molecule has 0 spiro atoms. The van der Waals surface area contributed by atoms with Crippen LogP contribution in [0.4, 0.5) is 21.0 Å². The van der Waals surface area contributed by atoms with Crippen LogP contribution in [0.1, 0.15) is 25.7 Å². The van der Waals surface area contributed by atoms with Gasteiger partial charge in [0.15, 0.2) is 0 Å². The molecule has 2 N–H and O–H groups in total. The third-order valence-electron chi connectivity index (χ3n) is 5.74. The summed E-state index contributed by atoms with van der Waals surface area (Å²) in [6.45, 7) is 4.15. The van der Waals surface area contributed by atoms with Crippen LogP contribution in [0.2, 0.25) is 0 Å². The van der Waals surface area contributed by atoms with Gasteiger partial charge < -0.3 is 20.4 Å².